The second-order valence-corrected chi connectivity index (χ2v) is 11.9. The van der Waals surface area contributed by atoms with Crippen LogP contribution in [0.5, 0.6) is 0 Å². The average Bonchev–Trinajstić information content (AvgIpc) is 2.56. The van der Waals surface area contributed by atoms with Gasteiger partial charge in [-0.3, -0.25) is 0 Å². The van der Waals surface area contributed by atoms with E-state index in [0.717, 1.165) is 0 Å². The lowest BCUT2D eigenvalue weighted by atomic mass is 10.2. The lowest BCUT2D eigenvalue weighted by Crippen LogP contribution is -1.98. The quantitative estimate of drug-likeness (QED) is 0.405. The van der Waals surface area contributed by atoms with Gasteiger partial charge in [-0.05, 0) is 70.9 Å². The minimum absolute atomic E-state index is 1.25. The summed E-state index contributed by atoms with van der Waals surface area (Å²) in [5.74, 6) is 0. The summed E-state index contributed by atoms with van der Waals surface area (Å²) >= 11 is 2.69. The maximum atomic E-state index is 2.69. The molecular weight excluding hydrogens is 399 g/mol. The summed E-state index contributed by atoms with van der Waals surface area (Å²) in [6.45, 7) is 4.39. The van der Waals surface area contributed by atoms with Crippen molar-refractivity contribution in [1.29, 1.82) is 0 Å². The summed E-state index contributed by atoms with van der Waals surface area (Å²) in [6, 6.07) is 28.6. The monoisotopic (exact) mass is 418 g/mol. The zero-order chi connectivity index (χ0) is 15.6. The van der Waals surface area contributed by atoms with Crippen LogP contribution in [0.1, 0.15) is 11.1 Å². The number of aryl methyl sites for hydroxylation is 2. The summed E-state index contributed by atoms with van der Waals surface area (Å²) in [7, 11) is -1.25. The van der Waals surface area contributed by atoms with Gasteiger partial charge in [0, 0.05) is 14.7 Å². The molecule has 0 aliphatic carbocycles. The van der Waals surface area contributed by atoms with Crippen molar-refractivity contribution in [3.63, 3.8) is 0 Å². The van der Waals surface area contributed by atoms with Gasteiger partial charge in [0.1, 0.15) is 0 Å². The zero-order valence-corrected chi connectivity index (χ0v) is 15.8. The molecule has 0 N–H and O–H groups in total. The molecule has 112 valence electrons. The minimum atomic E-state index is -1.25. The number of benzene rings is 3. The first kappa shape index (κ1) is 15.6. The molecule has 0 saturated carbocycles. The van der Waals surface area contributed by atoms with Crippen molar-refractivity contribution in [2.45, 2.75) is 28.5 Å². The van der Waals surface area contributed by atoms with Crippen molar-refractivity contribution in [2.75, 3.05) is 0 Å². The van der Waals surface area contributed by atoms with E-state index in [-0.39, 0.29) is 0 Å². The van der Waals surface area contributed by atoms with Crippen LogP contribution in [0, 0.1) is 13.8 Å². The number of hydrogen-bond acceptors (Lipinski definition) is 0. The van der Waals surface area contributed by atoms with Gasteiger partial charge in [0.25, 0.3) is 0 Å². The fourth-order valence-corrected chi connectivity index (χ4v) is 8.57. The van der Waals surface area contributed by atoms with E-state index < -0.39 is 7.20 Å². The molecule has 2 heteroatoms. The highest BCUT2D eigenvalue weighted by molar-refractivity contribution is 14.2. The smallest absolute Gasteiger partial charge is 0.00996 e. The van der Waals surface area contributed by atoms with E-state index in [2.05, 4.69) is 114 Å². The Morgan fingerprint density at radius 1 is 0.682 bits per heavy atom. The summed E-state index contributed by atoms with van der Waals surface area (Å²) in [5, 5.41) is 0. The standard InChI is InChI=1S/C20H19IS/c1-16-13-14-20(17(2)15-16)22(21,18-9-5-3-6-10-18)19-11-7-4-8-12-19/h3-15H,1-2H3. The molecule has 0 heterocycles. The first-order chi connectivity index (χ1) is 10.6. The molecule has 22 heavy (non-hydrogen) atoms. The maximum Gasteiger partial charge on any atom is 0.00996 e. The maximum absolute atomic E-state index is 2.69. The van der Waals surface area contributed by atoms with Gasteiger partial charge in [-0.1, -0.05) is 54.1 Å². The molecule has 0 aliphatic heterocycles. The van der Waals surface area contributed by atoms with E-state index in [1.165, 1.54) is 25.8 Å². The predicted molar refractivity (Wildman–Crippen MR) is 105 cm³/mol. The van der Waals surface area contributed by atoms with Crippen LogP contribution in [0.4, 0.5) is 0 Å². The van der Waals surface area contributed by atoms with E-state index in [1.54, 1.807) is 0 Å². The van der Waals surface area contributed by atoms with Crippen LogP contribution in [-0.2, 0) is 0 Å². The van der Waals surface area contributed by atoms with Crippen LogP contribution in [0.15, 0.2) is 93.5 Å². The third kappa shape index (κ3) is 2.82. The average molecular weight is 418 g/mol. The molecule has 0 unspecified atom stereocenters. The second-order valence-electron chi connectivity index (χ2n) is 5.43. The number of halogens is 1. The normalized spacial score (nSPS) is 12.1. The van der Waals surface area contributed by atoms with Crippen molar-refractivity contribution < 1.29 is 0 Å². The molecule has 0 atom stereocenters. The highest BCUT2D eigenvalue weighted by Gasteiger charge is 2.29. The molecular formula is C20H19IS. The molecule has 0 nitrogen and oxygen atoms in total. The summed E-state index contributed by atoms with van der Waals surface area (Å²) < 4.78 is 0. The first-order valence-electron chi connectivity index (χ1n) is 7.33. The molecule has 0 spiro atoms. The van der Waals surface area contributed by atoms with Crippen molar-refractivity contribution in [1.82, 2.24) is 0 Å². The molecule has 0 bridgehead atoms. The summed E-state index contributed by atoms with van der Waals surface area (Å²) in [4.78, 5) is 4.23. The summed E-state index contributed by atoms with van der Waals surface area (Å²) in [6.07, 6.45) is 0. The molecule has 0 aromatic heterocycles. The Kier molecular flexibility index (Phi) is 4.59. The van der Waals surface area contributed by atoms with Gasteiger partial charge in [0.2, 0.25) is 0 Å². The third-order valence-electron chi connectivity index (χ3n) is 3.77. The molecule has 3 aromatic rings. The van der Waals surface area contributed by atoms with Crippen LogP contribution >= 0.6 is 28.4 Å². The van der Waals surface area contributed by atoms with Gasteiger partial charge in [-0.15, -0.1) is 7.20 Å². The molecule has 0 amide bonds. The van der Waals surface area contributed by atoms with Gasteiger partial charge in [0.05, 0.1) is 0 Å². The topological polar surface area (TPSA) is 0 Å². The molecule has 0 radical (unpaired) electrons. The van der Waals surface area contributed by atoms with E-state index in [0.29, 0.717) is 0 Å². The third-order valence-corrected chi connectivity index (χ3v) is 11.2. The van der Waals surface area contributed by atoms with Gasteiger partial charge >= 0.3 is 0 Å². The number of rotatable bonds is 3. The van der Waals surface area contributed by atoms with Crippen molar-refractivity contribution in [3.05, 3.63) is 90.0 Å². The first-order valence-corrected chi connectivity index (χ1v) is 11.5. The Balaban J connectivity index is 2.28. The predicted octanol–water partition coefficient (Wildman–Crippen LogP) is 6.94. The van der Waals surface area contributed by atoms with Crippen LogP contribution in [-0.4, -0.2) is 0 Å². The summed E-state index contributed by atoms with van der Waals surface area (Å²) in [5.41, 5.74) is 2.69. The van der Waals surface area contributed by atoms with Gasteiger partial charge in [-0.2, -0.15) is 0 Å². The Morgan fingerprint density at radius 3 is 1.64 bits per heavy atom. The lowest BCUT2D eigenvalue weighted by Gasteiger charge is -2.36. The van der Waals surface area contributed by atoms with Crippen LogP contribution in [0.2, 0.25) is 0 Å². The van der Waals surface area contributed by atoms with Gasteiger partial charge < -0.3 is 0 Å². The molecule has 0 saturated heterocycles. The van der Waals surface area contributed by atoms with Crippen LogP contribution in [0.25, 0.3) is 0 Å². The number of hydrogen-bond donors (Lipinski definition) is 0. The van der Waals surface area contributed by atoms with Crippen LogP contribution in [0.3, 0.4) is 0 Å². The van der Waals surface area contributed by atoms with E-state index in [4.69, 9.17) is 0 Å². The SMILES string of the molecule is Cc1ccc(S(I)(c2ccccc2)c2ccccc2)c(C)c1. The fourth-order valence-electron chi connectivity index (χ4n) is 2.72. The van der Waals surface area contributed by atoms with Crippen molar-refractivity contribution >= 4 is 28.4 Å². The van der Waals surface area contributed by atoms with E-state index >= 15 is 0 Å². The molecule has 3 aromatic carbocycles. The van der Waals surface area contributed by atoms with Crippen LogP contribution < -0.4 is 0 Å². The van der Waals surface area contributed by atoms with Crippen molar-refractivity contribution in [2.24, 2.45) is 0 Å². The molecule has 3 rings (SSSR count). The van der Waals surface area contributed by atoms with Gasteiger partial charge in [-0.25, -0.2) is 0 Å². The molecule has 0 fully saturated rings. The second kappa shape index (κ2) is 6.47. The largest absolute Gasteiger partial charge is 0.105 e. The van der Waals surface area contributed by atoms with E-state index in [9.17, 15) is 0 Å². The lowest BCUT2D eigenvalue weighted by molar-refractivity contribution is 1.23. The van der Waals surface area contributed by atoms with Crippen molar-refractivity contribution in [3.8, 4) is 0 Å². The Labute approximate surface area is 146 Å². The highest BCUT2D eigenvalue weighted by atomic mass is 127. The van der Waals surface area contributed by atoms with Gasteiger partial charge in [0.15, 0.2) is 0 Å². The Morgan fingerprint density at radius 2 is 1.18 bits per heavy atom. The fraction of sp³-hybridized carbons (Fsp3) is 0.100. The Bertz CT molecular complexity index is 727. The zero-order valence-electron chi connectivity index (χ0n) is 12.8. The minimum Gasteiger partial charge on any atom is -0.105 e. The van der Waals surface area contributed by atoms with E-state index in [1.807, 2.05) is 0 Å². The molecule has 0 aliphatic rings. The Hall–Kier alpha value is -1.26. The highest BCUT2D eigenvalue weighted by Crippen LogP contribution is 2.74.